The van der Waals surface area contributed by atoms with Crippen molar-refractivity contribution in [1.82, 2.24) is 4.90 Å². The van der Waals surface area contributed by atoms with E-state index in [0.29, 0.717) is 5.56 Å². The van der Waals surface area contributed by atoms with Crippen LogP contribution in [0.2, 0.25) is 0 Å². The fourth-order valence-electron chi connectivity index (χ4n) is 0.854. The van der Waals surface area contributed by atoms with Gasteiger partial charge >= 0.3 is 5.97 Å². The van der Waals surface area contributed by atoms with Crippen LogP contribution in [0, 0.1) is 6.07 Å². The van der Waals surface area contributed by atoms with E-state index in [1.807, 2.05) is 0 Å². The van der Waals surface area contributed by atoms with Gasteiger partial charge in [0.15, 0.2) is 6.61 Å². The molecule has 0 aliphatic heterocycles. The van der Waals surface area contributed by atoms with Crippen LogP contribution in [0.15, 0.2) is 24.3 Å². The molecule has 15 heavy (non-hydrogen) atoms. The van der Waals surface area contributed by atoms with E-state index in [9.17, 15) is 9.59 Å². The minimum atomic E-state index is -0.536. The van der Waals surface area contributed by atoms with Crippen molar-refractivity contribution in [3.63, 3.8) is 0 Å². The van der Waals surface area contributed by atoms with Crippen LogP contribution < -0.4 is 0 Å². The second-order valence-electron chi connectivity index (χ2n) is 3.14. The second kappa shape index (κ2) is 5.14. The number of hydrogen-bond donors (Lipinski definition) is 0. The summed E-state index contributed by atoms with van der Waals surface area (Å²) in [6.07, 6.45) is 0. The molecule has 0 saturated heterocycles. The van der Waals surface area contributed by atoms with E-state index >= 15 is 0 Å². The van der Waals surface area contributed by atoms with E-state index in [1.165, 1.54) is 4.90 Å². The predicted octanol–water partition coefficient (Wildman–Crippen LogP) is 0.732. The lowest BCUT2D eigenvalue weighted by atomic mass is 10.2. The molecule has 1 rings (SSSR count). The number of esters is 1. The highest BCUT2D eigenvalue weighted by atomic mass is 16.5. The first-order chi connectivity index (χ1) is 7.11. The first-order valence-corrected chi connectivity index (χ1v) is 4.45. The van der Waals surface area contributed by atoms with Gasteiger partial charge in [-0.1, -0.05) is 18.2 Å². The van der Waals surface area contributed by atoms with Crippen LogP contribution in [0.25, 0.3) is 0 Å². The highest BCUT2D eigenvalue weighted by Crippen LogP contribution is 2.00. The molecule has 4 heteroatoms. The number of amides is 1. The zero-order chi connectivity index (χ0) is 11.3. The molecule has 0 atom stereocenters. The molecule has 4 nitrogen and oxygen atoms in total. The molecule has 0 unspecified atom stereocenters. The monoisotopic (exact) mass is 206 g/mol. The van der Waals surface area contributed by atoms with E-state index in [0.717, 1.165) is 0 Å². The summed E-state index contributed by atoms with van der Waals surface area (Å²) in [6.45, 7) is -0.242. The SMILES string of the molecule is CN(C)C(=O)COC(=O)c1[c]cccc1. The van der Waals surface area contributed by atoms with Crippen molar-refractivity contribution in [1.29, 1.82) is 0 Å². The Morgan fingerprint density at radius 1 is 1.40 bits per heavy atom. The molecule has 0 spiro atoms. The maximum Gasteiger partial charge on any atom is 0.339 e. The normalized spacial score (nSPS) is 9.47. The molecule has 0 N–H and O–H groups in total. The second-order valence-corrected chi connectivity index (χ2v) is 3.14. The van der Waals surface area contributed by atoms with Crippen LogP contribution in [-0.4, -0.2) is 37.5 Å². The number of likely N-dealkylation sites (N-methyl/N-ethyl adjacent to an activating group) is 1. The number of ether oxygens (including phenoxy) is 1. The van der Waals surface area contributed by atoms with E-state index in [1.54, 1.807) is 38.4 Å². The number of nitrogens with zero attached hydrogens (tertiary/aromatic N) is 1. The largest absolute Gasteiger partial charge is 0.452 e. The quantitative estimate of drug-likeness (QED) is 0.685. The highest BCUT2D eigenvalue weighted by Gasteiger charge is 2.10. The average molecular weight is 206 g/mol. The summed E-state index contributed by atoms with van der Waals surface area (Å²) < 4.78 is 4.79. The molecule has 0 aliphatic rings. The van der Waals surface area contributed by atoms with Crippen molar-refractivity contribution in [2.75, 3.05) is 20.7 Å². The molecule has 0 aromatic heterocycles. The van der Waals surface area contributed by atoms with Crippen molar-refractivity contribution < 1.29 is 14.3 Å². The van der Waals surface area contributed by atoms with Crippen LogP contribution in [0.5, 0.6) is 0 Å². The smallest absolute Gasteiger partial charge is 0.339 e. The molecule has 0 aliphatic carbocycles. The summed E-state index contributed by atoms with van der Waals surface area (Å²) >= 11 is 0. The predicted molar refractivity (Wildman–Crippen MR) is 54.3 cm³/mol. The van der Waals surface area contributed by atoms with Crippen molar-refractivity contribution in [2.45, 2.75) is 0 Å². The molecule has 1 aromatic carbocycles. The number of benzene rings is 1. The van der Waals surface area contributed by atoms with E-state index in [4.69, 9.17) is 4.74 Å². The third-order valence-electron chi connectivity index (χ3n) is 1.75. The summed E-state index contributed by atoms with van der Waals surface area (Å²) in [7, 11) is 3.20. The van der Waals surface area contributed by atoms with Gasteiger partial charge < -0.3 is 9.64 Å². The molecule has 0 fully saturated rings. The van der Waals surface area contributed by atoms with Gasteiger partial charge in [0.05, 0.1) is 5.56 Å². The van der Waals surface area contributed by atoms with E-state index < -0.39 is 5.97 Å². The minimum absolute atomic E-state index is 0.242. The molecule has 1 radical (unpaired) electrons. The van der Waals surface area contributed by atoms with E-state index in [2.05, 4.69) is 6.07 Å². The molecule has 0 saturated carbocycles. The molecule has 1 aromatic rings. The Labute approximate surface area is 88.5 Å². The fourth-order valence-corrected chi connectivity index (χ4v) is 0.854. The number of carbonyl (C=O) groups excluding carboxylic acids is 2. The third-order valence-corrected chi connectivity index (χ3v) is 1.75. The molecule has 0 heterocycles. The highest BCUT2D eigenvalue weighted by molar-refractivity contribution is 5.90. The van der Waals surface area contributed by atoms with Crippen molar-refractivity contribution >= 4 is 11.9 Å². The lowest BCUT2D eigenvalue weighted by molar-refractivity contribution is -0.131. The standard InChI is InChI=1S/C11H12NO3/c1-12(2)10(13)8-15-11(14)9-6-4-3-5-7-9/h3-6H,8H2,1-2H3. The number of rotatable bonds is 3. The molecule has 79 valence electrons. The van der Waals surface area contributed by atoms with Gasteiger partial charge in [0.2, 0.25) is 0 Å². The Balaban J connectivity index is 2.48. The van der Waals surface area contributed by atoms with Gasteiger partial charge in [-0.15, -0.1) is 0 Å². The first kappa shape index (κ1) is 11.2. The minimum Gasteiger partial charge on any atom is -0.452 e. The lowest BCUT2D eigenvalue weighted by Crippen LogP contribution is -2.27. The summed E-state index contributed by atoms with van der Waals surface area (Å²) in [4.78, 5) is 23.8. The molecule has 1 amide bonds. The van der Waals surface area contributed by atoms with Gasteiger partial charge in [-0.2, -0.15) is 0 Å². The summed E-state index contributed by atoms with van der Waals surface area (Å²) in [6, 6.07) is 9.38. The van der Waals surface area contributed by atoms with Gasteiger partial charge in [0.1, 0.15) is 0 Å². The molecule has 0 bridgehead atoms. The number of carbonyl (C=O) groups is 2. The summed E-state index contributed by atoms with van der Waals surface area (Å²) in [5.74, 6) is -0.787. The van der Waals surface area contributed by atoms with Crippen LogP contribution in [0.3, 0.4) is 0 Å². The third kappa shape index (κ3) is 3.42. The zero-order valence-corrected chi connectivity index (χ0v) is 8.69. The Kier molecular flexibility index (Phi) is 3.85. The van der Waals surface area contributed by atoms with Crippen LogP contribution in [-0.2, 0) is 9.53 Å². The number of hydrogen-bond acceptors (Lipinski definition) is 3. The Morgan fingerprint density at radius 3 is 2.67 bits per heavy atom. The average Bonchev–Trinajstić information content (AvgIpc) is 2.26. The van der Waals surface area contributed by atoms with Crippen LogP contribution in [0.1, 0.15) is 10.4 Å². The Morgan fingerprint density at radius 2 is 2.13 bits per heavy atom. The van der Waals surface area contributed by atoms with Crippen molar-refractivity contribution in [3.05, 3.63) is 35.9 Å². The van der Waals surface area contributed by atoms with Gasteiger partial charge in [0.25, 0.3) is 5.91 Å². The summed E-state index contributed by atoms with van der Waals surface area (Å²) in [5.41, 5.74) is 0.323. The van der Waals surface area contributed by atoms with Crippen LogP contribution >= 0.6 is 0 Å². The van der Waals surface area contributed by atoms with Gasteiger partial charge in [-0.3, -0.25) is 4.79 Å². The zero-order valence-electron chi connectivity index (χ0n) is 8.69. The first-order valence-electron chi connectivity index (χ1n) is 4.45. The lowest BCUT2D eigenvalue weighted by Gasteiger charge is -2.10. The molecular weight excluding hydrogens is 194 g/mol. The Hall–Kier alpha value is -1.84. The fraction of sp³-hybridized carbons (Fsp3) is 0.273. The van der Waals surface area contributed by atoms with Gasteiger partial charge in [0, 0.05) is 14.1 Å². The van der Waals surface area contributed by atoms with Crippen molar-refractivity contribution in [2.24, 2.45) is 0 Å². The topological polar surface area (TPSA) is 46.6 Å². The van der Waals surface area contributed by atoms with E-state index in [-0.39, 0.29) is 12.5 Å². The maximum absolute atomic E-state index is 11.3. The maximum atomic E-state index is 11.3. The van der Waals surface area contributed by atoms with Crippen molar-refractivity contribution in [3.8, 4) is 0 Å². The van der Waals surface area contributed by atoms with Crippen LogP contribution in [0.4, 0.5) is 0 Å². The summed E-state index contributed by atoms with van der Waals surface area (Å²) in [5, 5.41) is 0. The van der Waals surface area contributed by atoms with Gasteiger partial charge in [-0.05, 0) is 12.1 Å². The molecular formula is C11H12NO3. The Bertz CT molecular complexity index is 346. The van der Waals surface area contributed by atoms with Gasteiger partial charge in [-0.25, -0.2) is 4.79 Å².